The summed E-state index contributed by atoms with van der Waals surface area (Å²) in [6, 6.07) is 15.8. The number of carbonyl (C=O) groups is 1. The zero-order valence-corrected chi connectivity index (χ0v) is 18.2. The van der Waals surface area contributed by atoms with Crippen molar-refractivity contribution in [3.63, 3.8) is 0 Å². The largest absolute Gasteiger partial charge is 0.493 e. The van der Waals surface area contributed by atoms with Crippen LogP contribution >= 0.6 is 24.0 Å². The third-order valence-electron chi connectivity index (χ3n) is 5.04. The topological polar surface area (TPSA) is 62.8 Å². The molecule has 0 saturated carbocycles. The van der Waals surface area contributed by atoms with Crippen molar-refractivity contribution in [2.75, 3.05) is 13.7 Å². The number of thioether (sulfide) groups is 1. The molecule has 2 aliphatic rings. The molecule has 0 aromatic heterocycles. The standard InChI is InChI=1S/C22H23N3O3S2/c1-3-11-28-16-10-9-15(12-17(16)27-2)19-23-20-18(21(26)24-19)30-22(29)25(20)13-14-7-5-4-6-8-14/h3-10,12,18-20,23H,1,11,13H2,2H3,(H,24,26). The van der Waals surface area contributed by atoms with E-state index in [2.05, 4.69) is 34.2 Å². The van der Waals surface area contributed by atoms with E-state index < -0.39 is 0 Å². The second-order valence-electron chi connectivity index (χ2n) is 6.98. The Kier molecular flexibility index (Phi) is 6.26. The number of carbonyl (C=O) groups excluding carboxylic acids is 1. The number of methoxy groups -OCH3 is 1. The van der Waals surface area contributed by atoms with Gasteiger partial charge in [0.15, 0.2) is 11.5 Å². The molecular weight excluding hydrogens is 418 g/mol. The number of ether oxygens (including phenoxy) is 2. The van der Waals surface area contributed by atoms with E-state index in [1.165, 1.54) is 11.8 Å². The highest BCUT2D eigenvalue weighted by Gasteiger charge is 2.47. The number of benzene rings is 2. The third kappa shape index (κ3) is 4.16. The molecule has 2 aromatic rings. The molecule has 2 aromatic carbocycles. The fourth-order valence-corrected chi connectivity index (χ4v) is 5.13. The fraction of sp³-hybridized carbons (Fsp3) is 0.273. The number of fused-ring (bicyclic) bond motifs is 1. The maximum absolute atomic E-state index is 12.8. The summed E-state index contributed by atoms with van der Waals surface area (Å²) >= 11 is 7.01. The molecule has 2 aliphatic heterocycles. The zero-order chi connectivity index (χ0) is 21.1. The van der Waals surface area contributed by atoms with Crippen LogP contribution < -0.4 is 20.1 Å². The molecule has 4 rings (SSSR count). The van der Waals surface area contributed by atoms with Crippen LogP contribution in [0.25, 0.3) is 0 Å². The molecule has 0 aliphatic carbocycles. The van der Waals surface area contributed by atoms with Crippen LogP contribution in [0.1, 0.15) is 17.3 Å². The molecule has 2 fully saturated rings. The molecule has 1 amide bonds. The van der Waals surface area contributed by atoms with E-state index in [9.17, 15) is 4.79 Å². The molecule has 0 spiro atoms. The van der Waals surface area contributed by atoms with Gasteiger partial charge in [-0.1, -0.05) is 73.0 Å². The lowest BCUT2D eigenvalue weighted by Crippen LogP contribution is -2.61. The maximum Gasteiger partial charge on any atom is 0.238 e. The predicted molar refractivity (Wildman–Crippen MR) is 122 cm³/mol. The van der Waals surface area contributed by atoms with E-state index in [0.29, 0.717) is 24.7 Å². The van der Waals surface area contributed by atoms with Gasteiger partial charge in [-0.05, 0) is 23.3 Å². The van der Waals surface area contributed by atoms with Crippen LogP contribution in [0.15, 0.2) is 61.2 Å². The molecule has 6 nitrogen and oxygen atoms in total. The summed E-state index contributed by atoms with van der Waals surface area (Å²) in [5.74, 6) is 1.20. The average molecular weight is 442 g/mol. The Morgan fingerprint density at radius 3 is 2.77 bits per heavy atom. The molecule has 0 bridgehead atoms. The summed E-state index contributed by atoms with van der Waals surface area (Å²) in [5.41, 5.74) is 2.03. The van der Waals surface area contributed by atoms with Gasteiger partial charge in [0.05, 0.1) is 7.11 Å². The van der Waals surface area contributed by atoms with E-state index >= 15 is 0 Å². The fourth-order valence-electron chi connectivity index (χ4n) is 3.58. The number of hydrogen-bond acceptors (Lipinski definition) is 6. The van der Waals surface area contributed by atoms with E-state index in [4.69, 9.17) is 21.7 Å². The molecule has 8 heteroatoms. The predicted octanol–water partition coefficient (Wildman–Crippen LogP) is 3.21. The highest BCUT2D eigenvalue weighted by atomic mass is 32.2. The summed E-state index contributed by atoms with van der Waals surface area (Å²) in [6.45, 7) is 4.71. The van der Waals surface area contributed by atoms with E-state index in [1.807, 2.05) is 36.4 Å². The Hall–Kier alpha value is -2.55. The first-order valence-electron chi connectivity index (χ1n) is 9.60. The van der Waals surface area contributed by atoms with Crippen molar-refractivity contribution in [3.05, 3.63) is 72.3 Å². The highest BCUT2D eigenvalue weighted by molar-refractivity contribution is 8.24. The zero-order valence-electron chi connectivity index (χ0n) is 16.5. The Morgan fingerprint density at radius 2 is 2.03 bits per heavy atom. The second kappa shape index (κ2) is 9.07. The Balaban J connectivity index is 1.56. The van der Waals surface area contributed by atoms with Gasteiger partial charge >= 0.3 is 0 Å². The van der Waals surface area contributed by atoms with Crippen LogP contribution in [0.4, 0.5) is 0 Å². The molecule has 2 heterocycles. The van der Waals surface area contributed by atoms with Crippen molar-refractivity contribution in [2.24, 2.45) is 0 Å². The molecule has 2 saturated heterocycles. The van der Waals surface area contributed by atoms with Crippen molar-refractivity contribution in [3.8, 4) is 11.5 Å². The van der Waals surface area contributed by atoms with Gasteiger partial charge < -0.3 is 19.7 Å². The average Bonchev–Trinajstić information content (AvgIpc) is 3.08. The van der Waals surface area contributed by atoms with Crippen LogP contribution in [0.2, 0.25) is 0 Å². The summed E-state index contributed by atoms with van der Waals surface area (Å²) in [4.78, 5) is 14.9. The summed E-state index contributed by atoms with van der Waals surface area (Å²) in [6.07, 6.45) is 1.13. The smallest absolute Gasteiger partial charge is 0.238 e. The first-order chi connectivity index (χ1) is 14.6. The molecular formula is C22H23N3O3S2. The van der Waals surface area contributed by atoms with Crippen LogP contribution in [-0.2, 0) is 11.3 Å². The monoisotopic (exact) mass is 441 g/mol. The lowest BCUT2D eigenvalue weighted by Gasteiger charge is -2.37. The van der Waals surface area contributed by atoms with Gasteiger partial charge in [0.1, 0.15) is 28.5 Å². The number of nitrogens with one attached hydrogen (secondary N) is 2. The van der Waals surface area contributed by atoms with Gasteiger partial charge in [-0.25, -0.2) is 0 Å². The minimum Gasteiger partial charge on any atom is -0.493 e. The normalized spacial score (nSPS) is 23.0. The quantitative estimate of drug-likeness (QED) is 0.505. The van der Waals surface area contributed by atoms with Crippen LogP contribution in [0.3, 0.4) is 0 Å². The molecule has 0 radical (unpaired) electrons. The Morgan fingerprint density at radius 1 is 1.23 bits per heavy atom. The van der Waals surface area contributed by atoms with Crippen molar-refractivity contribution >= 4 is 34.2 Å². The lowest BCUT2D eigenvalue weighted by molar-refractivity contribution is -0.124. The first-order valence-corrected chi connectivity index (χ1v) is 10.9. The van der Waals surface area contributed by atoms with Gasteiger partial charge in [0.2, 0.25) is 5.91 Å². The third-order valence-corrected chi connectivity index (χ3v) is 6.73. The summed E-state index contributed by atoms with van der Waals surface area (Å²) in [5, 5.41) is 6.32. The van der Waals surface area contributed by atoms with Gasteiger partial charge in [0, 0.05) is 6.54 Å². The number of thiocarbonyl (C=S) groups is 1. The second-order valence-corrected chi connectivity index (χ2v) is 8.76. The Bertz CT molecular complexity index is 954. The SMILES string of the molecule is C=CCOc1ccc(C2NC(=O)C3SC(=S)N(Cc4ccccc4)C3N2)cc1OC. The lowest BCUT2D eigenvalue weighted by atomic mass is 10.1. The highest BCUT2D eigenvalue weighted by Crippen LogP contribution is 2.37. The Labute approximate surface area is 185 Å². The molecule has 30 heavy (non-hydrogen) atoms. The molecule has 3 atom stereocenters. The number of hydrogen-bond donors (Lipinski definition) is 2. The van der Waals surface area contributed by atoms with E-state index in [-0.39, 0.29) is 23.5 Å². The number of nitrogens with zero attached hydrogens (tertiary/aromatic N) is 1. The van der Waals surface area contributed by atoms with Crippen molar-refractivity contribution in [1.29, 1.82) is 0 Å². The summed E-state index contributed by atoms with van der Waals surface area (Å²) < 4.78 is 11.8. The molecule has 156 valence electrons. The van der Waals surface area contributed by atoms with Gasteiger partial charge in [-0.2, -0.15) is 0 Å². The van der Waals surface area contributed by atoms with Crippen LogP contribution in [0.5, 0.6) is 11.5 Å². The first kappa shape index (κ1) is 20.7. The van der Waals surface area contributed by atoms with Gasteiger partial charge in [-0.3, -0.25) is 10.1 Å². The molecule has 2 N–H and O–H groups in total. The summed E-state index contributed by atoms with van der Waals surface area (Å²) in [7, 11) is 1.59. The molecule has 3 unspecified atom stereocenters. The minimum atomic E-state index is -0.360. The van der Waals surface area contributed by atoms with Crippen molar-refractivity contribution < 1.29 is 14.3 Å². The van der Waals surface area contributed by atoms with Gasteiger partial charge in [-0.15, -0.1) is 0 Å². The minimum absolute atomic E-state index is 0.0300. The maximum atomic E-state index is 12.8. The van der Waals surface area contributed by atoms with Gasteiger partial charge in [0.25, 0.3) is 0 Å². The number of rotatable bonds is 7. The van der Waals surface area contributed by atoms with E-state index in [0.717, 1.165) is 15.4 Å². The van der Waals surface area contributed by atoms with Crippen molar-refractivity contribution in [2.45, 2.75) is 24.1 Å². The van der Waals surface area contributed by atoms with E-state index in [1.54, 1.807) is 13.2 Å². The van der Waals surface area contributed by atoms with Crippen molar-refractivity contribution in [1.82, 2.24) is 15.5 Å². The number of amides is 1. The van der Waals surface area contributed by atoms with Crippen LogP contribution in [-0.4, -0.2) is 40.3 Å². The van der Waals surface area contributed by atoms with Crippen LogP contribution in [0, 0.1) is 0 Å².